The fourth-order valence-electron chi connectivity index (χ4n) is 2.30. The van der Waals surface area contributed by atoms with Gasteiger partial charge in [0.2, 0.25) is 0 Å². The third-order valence-electron chi connectivity index (χ3n) is 3.88. The van der Waals surface area contributed by atoms with Crippen LogP contribution in [0, 0.1) is 15.9 Å². The molecule has 2 aromatic rings. The lowest BCUT2D eigenvalue weighted by molar-refractivity contribution is -0.385. The predicted molar refractivity (Wildman–Crippen MR) is 91.8 cm³/mol. The molecular formula is C17H17FN2O3S. The second kappa shape index (κ2) is 7.44. The van der Waals surface area contributed by atoms with Gasteiger partial charge in [-0.1, -0.05) is 12.1 Å². The van der Waals surface area contributed by atoms with Gasteiger partial charge >= 0.3 is 0 Å². The number of halogens is 1. The summed E-state index contributed by atoms with van der Waals surface area (Å²) >= 11 is 1.40. The molecule has 0 saturated heterocycles. The highest BCUT2D eigenvalue weighted by atomic mass is 32.2. The van der Waals surface area contributed by atoms with E-state index in [4.69, 9.17) is 0 Å². The first-order valence-corrected chi connectivity index (χ1v) is 8.42. The maximum absolute atomic E-state index is 13.0. The molecule has 2 rings (SSSR count). The van der Waals surface area contributed by atoms with Crippen molar-refractivity contribution in [3.63, 3.8) is 0 Å². The van der Waals surface area contributed by atoms with E-state index in [1.807, 2.05) is 6.26 Å². The van der Waals surface area contributed by atoms with Crippen LogP contribution >= 0.6 is 11.8 Å². The van der Waals surface area contributed by atoms with E-state index in [-0.39, 0.29) is 23.1 Å². The third kappa shape index (κ3) is 3.73. The summed E-state index contributed by atoms with van der Waals surface area (Å²) in [6, 6.07) is 9.96. The van der Waals surface area contributed by atoms with Crippen LogP contribution < -0.4 is 0 Å². The molecule has 1 amide bonds. The van der Waals surface area contributed by atoms with Crippen molar-refractivity contribution in [2.24, 2.45) is 0 Å². The Kier molecular flexibility index (Phi) is 5.56. The zero-order valence-corrected chi connectivity index (χ0v) is 14.3. The van der Waals surface area contributed by atoms with Crippen molar-refractivity contribution >= 4 is 23.4 Å². The highest BCUT2D eigenvalue weighted by Crippen LogP contribution is 2.28. The zero-order chi connectivity index (χ0) is 17.9. The molecule has 0 spiro atoms. The number of amides is 1. The van der Waals surface area contributed by atoms with Crippen LogP contribution in [0.4, 0.5) is 10.1 Å². The van der Waals surface area contributed by atoms with Gasteiger partial charge in [-0.05, 0) is 43.0 Å². The summed E-state index contributed by atoms with van der Waals surface area (Å²) in [4.78, 5) is 25.6. The van der Waals surface area contributed by atoms with E-state index >= 15 is 0 Å². The molecule has 0 aliphatic rings. The lowest BCUT2D eigenvalue weighted by atomic mass is 10.1. The van der Waals surface area contributed by atoms with Crippen LogP contribution in [0.15, 0.2) is 47.4 Å². The van der Waals surface area contributed by atoms with Crippen LogP contribution in [-0.2, 0) is 0 Å². The summed E-state index contributed by atoms with van der Waals surface area (Å²) in [5.41, 5.74) is 0.565. The minimum Gasteiger partial charge on any atom is -0.335 e. The Morgan fingerprint density at radius 3 is 2.42 bits per heavy atom. The SMILES string of the molecule is CSc1ccc([N+](=O)[O-])c(C(=O)N(C)C(C)c2ccc(F)cc2)c1. The number of thioether (sulfide) groups is 1. The minimum absolute atomic E-state index is 0.0447. The first-order chi connectivity index (χ1) is 11.3. The minimum atomic E-state index is -0.562. The van der Waals surface area contributed by atoms with Crippen LogP contribution in [0.3, 0.4) is 0 Å². The Balaban J connectivity index is 2.36. The van der Waals surface area contributed by atoms with Crippen LogP contribution in [0.5, 0.6) is 0 Å². The number of nitro groups is 1. The van der Waals surface area contributed by atoms with E-state index < -0.39 is 10.8 Å². The topological polar surface area (TPSA) is 63.5 Å². The summed E-state index contributed by atoms with van der Waals surface area (Å²) in [7, 11) is 1.58. The molecule has 1 atom stereocenters. The molecule has 0 heterocycles. The fourth-order valence-corrected chi connectivity index (χ4v) is 2.74. The number of nitro benzene ring substituents is 1. The Hall–Kier alpha value is -2.41. The molecule has 0 bridgehead atoms. The lowest BCUT2D eigenvalue weighted by Crippen LogP contribution is -2.30. The van der Waals surface area contributed by atoms with Crippen molar-refractivity contribution in [3.8, 4) is 0 Å². The summed E-state index contributed by atoms with van der Waals surface area (Å²) in [5.74, 6) is -0.808. The zero-order valence-electron chi connectivity index (χ0n) is 13.5. The number of carbonyl (C=O) groups excluding carboxylic acids is 1. The normalized spacial score (nSPS) is 11.8. The number of rotatable bonds is 5. The van der Waals surface area contributed by atoms with Crippen molar-refractivity contribution in [3.05, 3.63) is 69.5 Å². The number of hydrogen-bond donors (Lipinski definition) is 0. The van der Waals surface area contributed by atoms with E-state index in [1.165, 1.54) is 40.9 Å². The molecule has 5 nitrogen and oxygen atoms in total. The van der Waals surface area contributed by atoms with E-state index in [0.717, 1.165) is 10.5 Å². The molecule has 24 heavy (non-hydrogen) atoms. The van der Waals surface area contributed by atoms with Gasteiger partial charge in [0.1, 0.15) is 11.4 Å². The molecule has 0 saturated carbocycles. The van der Waals surface area contributed by atoms with Gasteiger partial charge in [-0.3, -0.25) is 14.9 Å². The largest absolute Gasteiger partial charge is 0.335 e. The molecule has 126 valence electrons. The average molecular weight is 348 g/mol. The third-order valence-corrected chi connectivity index (χ3v) is 4.61. The summed E-state index contributed by atoms with van der Waals surface area (Å²) in [5, 5.41) is 11.2. The molecule has 0 aromatic heterocycles. The molecule has 0 fully saturated rings. The number of benzene rings is 2. The fraction of sp³-hybridized carbons (Fsp3) is 0.235. The van der Waals surface area contributed by atoms with Gasteiger partial charge in [0, 0.05) is 18.0 Å². The molecule has 0 aliphatic carbocycles. The Bertz CT molecular complexity index is 765. The smallest absolute Gasteiger partial charge is 0.282 e. The van der Waals surface area contributed by atoms with Crippen molar-refractivity contribution in [2.45, 2.75) is 17.9 Å². The predicted octanol–water partition coefficient (Wildman–Crippen LogP) is 4.29. The van der Waals surface area contributed by atoms with Crippen molar-refractivity contribution in [1.82, 2.24) is 4.90 Å². The molecule has 1 unspecified atom stereocenters. The Morgan fingerprint density at radius 1 is 1.25 bits per heavy atom. The maximum atomic E-state index is 13.0. The quantitative estimate of drug-likeness (QED) is 0.459. The first kappa shape index (κ1) is 17.9. The van der Waals surface area contributed by atoms with Gasteiger partial charge in [0.05, 0.1) is 11.0 Å². The molecule has 2 aromatic carbocycles. The van der Waals surface area contributed by atoms with Gasteiger partial charge in [-0.25, -0.2) is 4.39 Å². The lowest BCUT2D eigenvalue weighted by Gasteiger charge is -2.25. The van der Waals surface area contributed by atoms with Gasteiger partial charge in [0.25, 0.3) is 11.6 Å². The summed E-state index contributed by atoms with van der Waals surface area (Å²) in [6.45, 7) is 1.79. The van der Waals surface area contributed by atoms with Crippen molar-refractivity contribution in [1.29, 1.82) is 0 Å². The monoisotopic (exact) mass is 348 g/mol. The molecular weight excluding hydrogens is 331 g/mol. The van der Waals surface area contributed by atoms with E-state index in [9.17, 15) is 19.3 Å². The second-order valence-electron chi connectivity index (χ2n) is 5.28. The van der Waals surface area contributed by atoms with Gasteiger partial charge in [-0.15, -0.1) is 11.8 Å². The molecule has 0 aliphatic heterocycles. The first-order valence-electron chi connectivity index (χ1n) is 7.20. The highest BCUT2D eigenvalue weighted by molar-refractivity contribution is 7.98. The maximum Gasteiger partial charge on any atom is 0.282 e. The number of hydrogen-bond acceptors (Lipinski definition) is 4. The molecule has 0 N–H and O–H groups in total. The molecule has 0 radical (unpaired) electrons. The van der Waals surface area contributed by atoms with Gasteiger partial charge in [-0.2, -0.15) is 0 Å². The van der Waals surface area contributed by atoms with Gasteiger partial charge < -0.3 is 4.90 Å². The number of nitrogens with zero attached hydrogens (tertiary/aromatic N) is 2. The second-order valence-corrected chi connectivity index (χ2v) is 6.16. The van der Waals surface area contributed by atoms with Crippen LogP contribution in [0.1, 0.15) is 28.9 Å². The van der Waals surface area contributed by atoms with Crippen LogP contribution in [0.2, 0.25) is 0 Å². The van der Waals surface area contributed by atoms with Gasteiger partial charge in [0.15, 0.2) is 0 Å². The van der Waals surface area contributed by atoms with Crippen molar-refractivity contribution in [2.75, 3.05) is 13.3 Å². The summed E-state index contributed by atoms with van der Waals surface area (Å²) < 4.78 is 13.0. The Morgan fingerprint density at radius 2 is 1.88 bits per heavy atom. The molecule has 7 heteroatoms. The van der Waals surface area contributed by atoms with E-state index in [2.05, 4.69) is 0 Å². The van der Waals surface area contributed by atoms with E-state index in [1.54, 1.807) is 32.2 Å². The highest BCUT2D eigenvalue weighted by Gasteiger charge is 2.26. The average Bonchev–Trinajstić information content (AvgIpc) is 2.59. The summed E-state index contributed by atoms with van der Waals surface area (Å²) in [6.07, 6.45) is 1.83. The number of carbonyl (C=O) groups is 1. The Labute approximate surface area is 143 Å². The van der Waals surface area contributed by atoms with Crippen LogP contribution in [-0.4, -0.2) is 29.0 Å². The van der Waals surface area contributed by atoms with Crippen molar-refractivity contribution < 1.29 is 14.1 Å². The van der Waals surface area contributed by atoms with E-state index in [0.29, 0.717) is 0 Å². The standard InChI is InChI=1S/C17H17FN2O3S/c1-11(12-4-6-13(18)7-5-12)19(2)17(21)15-10-14(24-3)8-9-16(15)20(22)23/h4-11H,1-3H3. The van der Waals surface area contributed by atoms with Crippen LogP contribution in [0.25, 0.3) is 0 Å².